The maximum atomic E-state index is 10.8. The van der Waals surface area contributed by atoms with E-state index in [4.69, 9.17) is 27.9 Å². The third-order valence-electron chi connectivity index (χ3n) is 2.29. The normalized spacial score (nSPS) is 14.1. The Morgan fingerprint density at radius 1 is 1.42 bits per heavy atom. The van der Waals surface area contributed by atoms with Crippen molar-refractivity contribution in [1.29, 1.82) is 0 Å². The Morgan fingerprint density at radius 2 is 2.05 bits per heavy atom. The molecule has 1 aromatic carbocycles. The standard InChI is InChI=1S/C12H17Cl2NO3S/c1-19(17)6-5-15-7-9(16)8-18-12-10(13)3-2-4-11(12)14/h2-4,9,15-16H,5-8H2,1H3. The molecule has 2 atom stereocenters. The van der Waals surface area contributed by atoms with Gasteiger partial charge < -0.3 is 15.2 Å². The molecular formula is C12H17Cl2NO3S. The van der Waals surface area contributed by atoms with Gasteiger partial charge in [0.25, 0.3) is 0 Å². The zero-order chi connectivity index (χ0) is 14.3. The number of aliphatic hydroxyl groups excluding tert-OH is 1. The van der Waals surface area contributed by atoms with Gasteiger partial charge in [-0.1, -0.05) is 29.3 Å². The van der Waals surface area contributed by atoms with E-state index in [0.29, 0.717) is 34.6 Å². The summed E-state index contributed by atoms with van der Waals surface area (Å²) in [6.45, 7) is 1.04. The summed E-state index contributed by atoms with van der Waals surface area (Å²) in [4.78, 5) is 0. The van der Waals surface area contributed by atoms with E-state index in [2.05, 4.69) is 5.32 Å². The Hall–Kier alpha value is -0.330. The van der Waals surface area contributed by atoms with E-state index in [1.165, 1.54) is 0 Å². The van der Waals surface area contributed by atoms with E-state index in [1.54, 1.807) is 24.5 Å². The maximum Gasteiger partial charge on any atom is 0.156 e. The van der Waals surface area contributed by atoms with Crippen molar-refractivity contribution in [3.05, 3.63) is 28.2 Å². The Balaban J connectivity index is 2.30. The molecule has 0 radical (unpaired) electrons. The number of aliphatic hydroxyl groups is 1. The molecule has 0 aliphatic heterocycles. The summed E-state index contributed by atoms with van der Waals surface area (Å²) in [5, 5.41) is 13.5. The van der Waals surface area contributed by atoms with Crippen molar-refractivity contribution >= 4 is 34.0 Å². The summed E-state index contributed by atoms with van der Waals surface area (Å²) >= 11 is 11.9. The van der Waals surface area contributed by atoms with Crippen molar-refractivity contribution in [3.8, 4) is 5.75 Å². The van der Waals surface area contributed by atoms with Crippen LogP contribution in [-0.4, -0.2) is 47.1 Å². The third kappa shape index (κ3) is 6.58. The van der Waals surface area contributed by atoms with Gasteiger partial charge in [-0.15, -0.1) is 0 Å². The average molecular weight is 326 g/mol. The van der Waals surface area contributed by atoms with Gasteiger partial charge in [-0.25, -0.2) is 0 Å². The molecule has 0 bridgehead atoms. The smallest absolute Gasteiger partial charge is 0.156 e. The Labute approximate surface area is 125 Å². The second kappa shape index (κ2) is 8.76. The van der Waals surface area contributed by atoms with Crippen LogP contribution >= 0.6 is 23.2 Å². The second-order valence-electron chi connectivity index (χ2n) is 4.00. The lowest BCUT2D eigenvalue weighted by Gasteiger charge is -2.14. The summed E-state index contributed by atoms with van der Waals surface area (Å²) < 4.78 is 16.2. The molecule has 4 nitrogen and oxygen atoms in total. The minimum absolute atomic E-state index is 0.0890. The molecular weight excluding hydrogens is 309 g/mol. The molecule has 2 unspecified atom stereocenters. The predicted molar refractivity (Wildman–Crippen MR) is 79.8 cm³/mol. The van der Waals surface area contributed by atoms with Gasteiger partial charge in [0, 0.05) is 35.9 Å². The van der Waals surface area contributed by atoms with E-state index in [-0.39, 0.29) is 6.61 Å². The fraction of sp³-hybridized carbons (Fsp3) is 0.500. The molecule has 0 amide bonds. The zero-order valence-electron chi connectivity index (χ0n) is 10.6. The average Bonchev–Trinajstić information content (AvgIpc) is 2.34. The molecule has 1 aromatic rings. The van der Waals surface area contributed by atoms with Crippen LogP contribution in [-0.2, 0) is 10.8 Å². The van der Waals surface area contributed by atoms with Crippen LogP contribution < -0.4 is 10.1 Å². The van der Waals surface area contributed by atoms with Crippen molar-refractivity contribution in [2.45, 2.75) is 6.10 Å². The molecule has 0 heterocycles. The fourth-order valence-electron chi connectivity index (χ4n) is 1.34. The van der Waals surface area contributed by atoms with Crippen LogP contribution in [0.1, 0.15) is 0 Å². The predicted octanol–water partition coefficient (Wildman–Crippen LogP) is 1.70. The molecule has 1 rings (SSSR count). The van der Waals surface area contributed by atoms with E-state index in [1.807, 2.05) is 0 Å². The van der Waals surface area contributed by atoms with Crippen molar-refractivity contribution in [1.82, 2.24) is 5.32 Å². The first-order chi connectivity index (χ1) is 9.00. The fourth-order valence-corrected chi connectivity index (χ4v) is 2.28. The number of halogens is 2. The molecule has 7 heteroatoms. The molecule has 19 heavy (non-hydrogen) atoms. The van der Waals surface area contributed by atoms with E-state index in [0.717, 1.165) is 0 Å². The van der Waals surface area contributed by atoms with Crippen LogP contribution in [0.15, 0.2) is 18.2 Å². The third-order valence-corrected chi connectivity index (χ3v) is 3.66. The van der Waals surface area contributed by atoms with Crippen molar-refractivity contribution < 1.29 is 14.1 Å². The molecule has 0 saturated carbocycles. The lowest BCUT2D eigenvalue weighted by molar-refractivity contribution is 0.107. The van der Waals surface area contributed by atoms with Gasteiger partial charge in [0.1, 0.15) is 12.7 Å². The Bertz CT molecular complexity index is 411. The van der Waals surface area contributed by atoms with Gasteiger partial charge in [-0.05, 0) is 12.1 Å². The van der Waals surface area contributed by atoms with Gasteiger partial charge in [-0.3, -0.25) is 4.21 Å². The molecule has 0 spiro atoms. The largest absolute Gasteiger partial charge is 0.488 e. The topological polar surface area (TPSA) is 58.6 Å². The molecule has 0 aromatic heterocycles. The molecule has 108 valence electrons. The van der Waals surface area contributed by atoms with Crippen LogP contribution in [0.5, 0.6) is 5.75 Å². The summed E-state index contributed by atoms with van der Waals surface area (Å²) in [7, 11) is -0.830. The molecule has 2 N–H and O–H groups in total. The van der Waals surface area contributed by atoms with Crippen LogP contribution in [0.25, 0.3) is 0 Å². The van der Waals surface area contributed by atoms with Crippen LogP contribution in [0.4, 0.5) is 0 Å². The number of para-hydroxylation sites is 1. The number of hydrogen-bond acceptors (Lipinski definition) is 4. The second-order valence-corrected chi connectivity index (χ2v) is 6.37. The first kappa shape index (κ1) is 16.7. The van der Waals surface area contributed by atoms with Gasteiger partial charge in [0.2, 0.25) is 0 Å². The van der Waals surface area contributed by atoms with E-state index < -0.39 is 16.9 Å². The highest BCUT2D eigenvalue weighted by molar-refractivity contribution is 7.84. The number of benzene rings is 1. The van der Waals surface area contributed by atoms with E-state index in [9.17, 15) is 9.32 Å². The van der Waals surface area contributed by atoms with Crippen LogP contribution in [0.3, 0.4) is 0 Å². The van der Waals surface area contributed by atoms with Gasteiger partial charge >= 0.3 is 0 Å². The summed E-state index contributed by atoms with van der Waals surface area (Å²) in [6.07, 6.45) is 0.957. The summed E-state index contributed by atoms with van der Waals surface area (Å²) in [5.74, 6) is 0.934. The first-order valence-electron chi connectivity index (χ1n) is 5.76. The SMILES string of the molecule is CS(=O)CCNCC(O)COc1c(Cl)cccc1Cl. The van der Waals surface area contributed by atoms with Crippen LogP contribution in [0.2, 0.25) is 10.0 Å². The minimum atomic E-state index is -0.830. The summed E-state index contributed by atoms with van der Waals surface area (Å²) in [6, 6.07) is 5.06. The molecule has 0 saturated heterocycles. The van der Waals surface area contributed by atoms with Gasteiger partial charge in [0.15, 0.2) is 5.75 Å². The highest BCUT2D eigenvalue weighted by atomic mass is 35.5. The highest BCUT2D eigenvalue weighted by Gasteiger charge is 2.10. The van der Waals surface area contributed by atoms with Gasteiger partial charge in [0.05, 0.1) is 10.0 Å². The summed E-state index contributed by atoms with van der Waals surface area (Å²) in [5.41, 5.74) is 0. The molecule has 0 aliphatic carbocycles. The highest BCUT2D eigenvalue weighted by Crippen LogP contribution is 2.32. The van der Waals surface area contributed by atoms with Crippen molar-refractivity contribution in [2.24, 2.45) is 0 Å². The Kier molecular flexibility index (Phi) is 7.71. The number of hydrogen-bond donors (Lipinski definition) is 2. The zero-order valence-corrected chi connectivity index (χ0v) is 12.9. The molecule has 0 aliphatic rings. The number of nitrogens with one attached hydrogen (secondary N) is 1. The van der Waals surface area contributed by atoms with Crippen molar-refractivity contribution in [2.75, 3.05) is 31.7 Å². The Morgan fingerprint density at radius 3 is 2.63 bits per heavy atom. The number of ether oxygens (including phenoxy) is 1. The maximum absolute atomic E-state index is 10.8. The lowest BCUT2D eigenvalue weighted by atomic mass is 10.3. The van der Waals surface area contributed by atoms with E-state index >= 15 is 0 Å². The van der Waals surface area contributed by atoms with Gasteiger partial charge in [-0.2, -0.15) is 0 Å². The van der Waals surface area contributed by atoms with Crippen molar-refractivity contribution in [3.63, 3.8) is 0 Å². The molecule has 0 fully saturated rings. The number of rotatable bonds is 8. The minimum Gasteiger partial charge on any atom is -0.488 e. The quantitative estimate of drug-likeness (QED) is 0.714. The first-order valence-corrected chi connectivity index (χ1v) is 8.24. The monoisotopic (exact) mass is 325 g/mol. The van der Waals surface area contributed by atoms with Crippen LogP contribution in [0, 0.1) is 0 Å². The lowest BCUT2D eigenvalue weighted by Crippen LogP contribution is -2.33.